The van der Waals surface area contributed by atoms with Crippen molar-refractivity contribution < 1.29 is 9.59 Å². The summed E-state index contributed by atoms with van der Waals surface area (Å²) in [6, 6.07) is 6.39. The van der Waals surface area contributed by atoms with E-state index in [0.29, 0.717) is 16.2 Å². The average molecular weight is 427 g/mol. The van der Waals surface area contributed by atoms with Crippen LogP contribution < -0.4 is 11.5 Å². The van der Waals surface area contributed by atoms with Crippen molar-refractivity contribution in [3.05, 3.63) is 64.3 Å². The number of hydrogen-bond acceptors (Lipinski definition) is 5. The summed E-state index contributed by atoms with van der Waals surface area (Å²) >= 11 is 18.8. The van der Waals surface area contributed by atoms with Crippen molar-refractivity contribution in [2.24, 2.45) is 5.73 Å². The van der Waals surface area contributed by atoms with Gasteiger partial charge in [0.15, 0.2) is 17.3 Å². The molecule has 4 N–H and O–H groups in total. The second-order valence-electron chi connectivity index (χ2n) is 5.93. The number of Topliss-reactive ketones (excluding diaryl/α,β-unsaturated/α-hetero) is 1. The third-order valence-corrected chi connectivity index (χ3v) is 5.46. The van der Waals surface area contributed by atoms with Crippen molar-refractivity contribution in [1.82, 2.24) is 15.0 Å². The quantitative estimate of drug-likeness (QED) is 0.563. The molecule has 0 saturated carbocycles. The van der Waals surface area contributed by atoms with Gasteiger partial charge in [-0.25, -0.2) is 4.68 Å². The van der Waals surface area contributed by atoms with Crippen molar-refractivity contribution in [2.75, 3.05) is 5.73 Å². The summed E-state index contributed by atoms with van der Waals surface area (Å²) in [6.45, 7) is 0.188. The van der Waals surface area contributed by atoms with E-state index in [-0.39, 0.29) is 23.8 Å². The van der Waals surface area contributed by atoms with Crippen LogP contribution in [0.2, 0.25) is 5.02 Å². The summed E-state index contributed by atoms with van der Waals surface area (Å²) in [5.41, 5.74) is 12.0. The third kappa shape index (κ3) is 3.71. The molecule has 0 saturated heterocycles. The first kappa shape index (κ1) is 19.4. The van der Waals surface area contributed by atoms with Gasteiger partial charge in [0.05, 0.1) is 11.9 Å². The number of aromatic nitrogens is 3. The van der Waals surface area contributed by atoms with Crippen LogP contribution in [0.25, 0.3) is 0 Å². The standard InChI is InChI=1S/C17H14Cl3N5O2/c18-11-3-1-10(2-4-11)14(26)17(20)6-5-9(7-12(17)19)8-25-15(21)13(16(22)27)23-24-25/h1-7,12H,8,21H2,(H2,22,27). The predicted molar refractivity (Wildman–Crippen MR) is 104 cm³/mol. The Hall–Kier alpha value is -2.35. The first-order valence-corrected chi connectivity index (χ1v) is 8.93. The molecule has 7 nitrogen and oxygen atoms in total. The van der Waals surface area contributed by atoms with E-state index in [1.165, 1.54) is 10.8 Å². The Morgan fingerprint density at radius 2 is 1.93 bits per heavy atom. The van der Waals surface area contributed by atoms with Crippen molar-refractivity contribution >= 4 is 52.3 Å². The van der Waals surface area contributed by atoms with Gasteiger partial charge in [-0.3, -0.25) is 9.59 Å². The highest BCUT2D eigenvalue weighted by atomic mass is 35.5. The molecule has 1 aliphatic rings. The van der Waals surface area contributed by atoms with Crippen LogP contribution in [-0.2, 0) is 6.54 Å². The van der Waals surface area contributed by atoms with Gasteiger partial charge in [0.2, 0.25) is 0 Å². The van der Waals surface area contributed by atoms with Crippen LogP contribution in [0.5, 0.6) is 0 Å². The highest BCUT2D eigenvalue weighted by molar-refractivity contribution is 6.45. The smallest absolute Gasteiger partial charge is 0.273 e. The number of alkyl halides is 2. The minimum Gasteiger partial charge on any atom is -0.382 e. The zero-order valence-electron chi connectivity index (χ0n) is 13.8. The molecule has 0 radical (unpaired) electrons. The molecule has 2 atom stereocenters. The summed E-state index contributed by atoms with van der Waals surface area (Å²) in [7, 11) is 0. The molecule has 1 aromatic carbocycles. The lowest BCUT2D eigenvalue weighted by molar-refractivity contribution is 0.0959. The molecular formula is C17H14Cl3N5O2. The molecule has 0 bridgehead atoms. The third-order valence-electron chi connectivity index (χ3n) is 4.10. The van der Waals surface area contributed by atoms with Gasteiger partial charge in [0.25, 0.3) is 5.91 Å². The van der Waals surface area contributed by atoms with E-state index in [1.54, 1.807) is 36.4 Å². The van der Waals surface area contributed by atoms with Crippen LogP contribution >= 0.6 is 34.8 Å². The monoisotopic (exact) mass is 425 g/mol. The van der Waals surface area contributed by atoms with E-state index in [1.807, 2.05) is 0 Å². The first-order valence-electron chi connectivity index (χ1n) is 7.74. The number of allylic oxidation sites excluding steroid dienone is 4. The number of carbonyl (C=O) groups is 2. The van der Waals surface area contributed by atoms with Crippen LogP contribution in [0.15, 0.2) is 48.1 Å². The first-order chi connectivity index (χ1) is 12.7. The molecule has 2 aromatic rings. The molecule has 10 heteroatoms. The van der Waals surface area contributed by atoms with E-state index in [0.717, 1.165) is 0 Å². The average Bonchev–Trinajstić information content (AvgIpc) is 2.99. The highest BCUT2D eigenvalue weighted by Crippen LogP contribution is 2.36. The van der Waals surface area contributed by atoms with Crippen molar-refractivity contribution in [3.63, 3.8) is 0 Å². The largest absolute Gasteiger partial charge is 0.382 e. The Morgan fingerprint density at radius 3 is 2.48 bits per heavy atom. The van der Waals surface area contributed by atoms with Gasteiger partial charge in [-0.05, 0) is 29.8 Å². The van der Waals surface area contributed by atoms with Gasteiger partial charge in [0, 0.05) is 10.6 Å². The number of nitrogens with zero attached hydrogens (tertiary/aromatic N) is 3. The fraction of sp³-hybridized carbons (Fsp3) is 0.176. The molecule has 1 aliphatic carbocycles. The number of hydrogen-bond donors (Lipinski definition) is 2. The number of ketones is 1. The molecule has 140 valence electrons. The van der Waals surface area contributed by atoms with Crippen molar-refractivity contribution in [1.29, 1.82) is 0 Å². The summed E-state index contributed by atoms with van der Waals surface area (Å²) in [4.78, 5) is 22.6. The van der Waals surface area contributed by atoms with E-state index >= 15 is 0 Å². The molecular weight excluding hydrogens is 413 g/mol. The maximum Gasteiger partial charge on any atom is 0.273 e. The Labute approximate surface area is 169 Å². The Kier molecular flexibility index (Phi) is 5.28. The molecule has 2 unspecified atom stereocenters. The number of nitrogens with two attached hydrogens (primary N) is 2. The number of anilines is 1. The number of nitrogen functional groups attached to an aromatic ring is 1. The Balaban J connectivity index is 1.81. The van der Waals surface area contributed by atoms with Gasteiger partial charge in [-0.1, -0.05) is 35.0 Å². The molecule has 1 amide bonds. The summed E-state index contributed by atoms with van der Waals surface area (Å²) in [5.74, 6) is -1.07. The number of amides is 1. The zero-order valence-corrected chi connectivity index (χ0v) is 16.0. The molecule has 0 spiro atoms. The SMILES string of the molecule is NC(=O)c1nnn(CC2=CC(Cl)C(Cl)(C(=O)c3ccc(Cl)cc3)C=C2)c1N. The number of primary amides is 1. The second kappa shape index (κ2) is 7.34. The van der Waals surface area contributed by atoms with Crippen molar-refractivity contribution in [2.45, 2.75) is 16.8 Å². The summed E-state index contributed by atoms with van der Waals surface area (Å²) in [5, 5.41) is 7.13. The maximum atomic E-state index is 12.8. The van der Waals surface area contributed by atoms with E-state index in [4.69, 9.17) is 46.3 Å². The lowest BCUT2D eigenvalue weighted by atomic mass is 9.88. The summed E-state index contributed by atoms with van der Waals surface area (Å²) in [6.07, 6.45) is 4.82. The zero-order chi connectivity index (χ0) is 19.8. The molecule has 0 aliphatic heterocycles. The Morgan fingerprint density at radius 1 is 1.26 bits per heavy atom. The Bertz CT molecular complexity index is 967. The number of benzene rings is 1. The summed E-state index contributed by atoms with van der Waals surface area (Å²) < 4.78 is 1.31. The lowest BCUT2D eigenvalue weighted by Crippen LogP contribution is -2.40. The van der Waals surface area contributed by atoms with Crippen LogP contribution in [0.1, 0.15) is 20.8 Å². The fourth-order valence-corrected chi connectivity index (χ4v) is 3.29. The molecule has 1 heterocycles. The highest BCUT2D eigenvalue weighted by Gasteiger charge is 2.42. The maximum absolute atomic E-state index is 12.8. The number of carbonyl (C=O) groups excluding carboxylic acids is 2. The van der Waals surface area contributed by atoms with Gasteiger partial charge in [-0.2, -0.15) is 0 Å². The number of halogens is 3. The van der Waals surface area contributed by atoms with Gasteiger partial charge < -0.3 is 11.5 Å². The second-order valence-corrected chi connectivity index (χ2v) is 7.46. The van der Waals surface area contributed by atoms with E-state index in [2.05, 4.69) is 10.3 Å². The fourth-order valence-electron chi connectivity index (χ4n) is 2.60. The molecule has 3 rings (SSSR count). The molecule has 0 fully saturated rings. The topological polar surface area (TPSA) is 117 Å². The van der Waals surface area contributed by atoms with E-state index < -0.39 is 16.2 Å². The predicted octanol–water partition coefficient (Wildman–Crippen LogP) is 2.58. The van der Waals surface area contributed by atoms with Gasteiger partial charge >= 0.3 is 0 Å². The van der Waals surface area contributed by atoms with Gasteiger partial charge in [-0.15, -0.1) is 28.3 Å². The van der Waals surface area contributed by atoms with Gasteiger partial charge in [0.1, 0.15) is 4.87 Å². The number of rotatable bonds is 5. The van der Waals surface area contributed by atoms with E-state index in [9.17, 15) is 9.59 Å². The molecule has 27 heavy (non-hydrogen) atoms. The van der Waals surface area contributed by atoms with Crippen LogP contribution in [-0.4, -0.2) is 36.9 Å². The lowest BCUT2D eigenvalue weighted by Gasteiger charge is -2.29. The molecule has 1 aromatic heterocycles. The normalized spacial score (nSPS) is 21.7. The minimum atomic E-state index is -1.44. The van der Waals surface area contributed by atoms with Crippen LogP contribution in [0.4, 0.5) is 5.82 Å². The van der Waals surface area contributed by atoms with Crippen LogP contribution in [0.3, 0.4) is 0 Å². The van der Waals surface area contributed by atoms with Crippen molar-refractivity contribution in [3.8, 4) is 0 Å². The minimum absolute atomic E-state index is 0.0443. The van der Waals surface area contributed by atoms with Crippen LogP contribution in [0, 0.1) is 0 Å².